The van der Waals surface area contributed by atoms with Crippen LogP contribution < -0.4 is 4.72 Å². The van der Waals surface area contributed by atoms with Crippen molar-refractivity contribution >= 4 is 18.2 Å². The lowest BCUT2D eigenvalue weighted by atomic mass is 10.1. The second-order valence-electron chi connectivity index (χ2n) is 4.90. The molecule has 20 heavy (non-hydrogen) atoms. The van der Waals surface area contributed by atoms with E-state index in [-0.39, 0.29) is 43.0 Å². The fourth-order valence-electron chi connectivity index (χ4n) is 1.70. The van der Waals surface area contributed by atoms with Crippen LogP contribution >= 0.6 is 12.3 Å². The Hall–Kier alpha value is -0.410. The highest BCUT2D eigenvalue weighted by Crippen LogP contribution is 2.14. The van der Waals surface area contributed by atoms with E-state index in [0.717, 1.165) is 13.2 Å². The third-order valence-corrected chi connectivity index (χ3v) is 3.32. The number of carbonyl (C=O) groups excluding carboxylic acids is 1. The van der Waals surface area contributed by atoms with Crippen LogP contribution in [0.2, 0.25) is 0 Å². The molecule has 2 aliphatic rings. The van der Waals surface area contributed by atoms with Gasteiger partial charge in [0.1, 0.15) is 12.2 Å². The Morgan fingerprint density at radius 3 is 2.70 bits per heavy atom. The van der Waals surface area contributed by atoms with E-state index in [9.17, 15) is 8.68 Å². The van der Waals surface area contributed by atoms with Crippen molar-refractivity contribution in [3.8, 4) is 0 Å². The molecule has 0 aromatic heterocycles. The molecule has 3 unspecified atom stereocenters. The smallest absolute Gasteiger partial charge is 0.231 e. The van der Waals surface area contributed by atoms with Gasteiger partial charge in [-0.05, 0) is 12.8 Å². The molecule has 1 amide bonds. The van der Waals surface area contributed by atoms with Gasteiger partial charge >= 0.3 is 0 Å². The minimum Gasteiger partial charge on any atom is -0.376 e. The summed E-state index contributed by atoms with van der Waals surface area (Å²) in [6, 6.07) is 0. The highest BCUT2D eigenvalue weighted by atomic mass is 32.2. The summed E-state index contributed by atoms with van der Waals surface area (Å²) in [5.41, 5.74) is 0. The summed E-state index contributed by atoms with van der Waals surface area (Å²) in [5.74, 6) is -0.311. The highest BCUT2D eigenvalue weighted by molar-refractivity contribution is 7.92. The van der Waals surface area contributed by atoms with Gasteiger partial charge in [-0.2, -0.15) is 0 Å². The number of amides is 1. The molecule has 2 rings (SSSR count). The average molecular weight is 309 g/mol. The minimum atomic E-state index is -0.311. The predicted molar refractivity (Wildman–Crippen MR) is 70.7 cm³/mol. The summed E-state index contributed by atoms with van der Waals surface area (Å²) in [4.78, 5) is 11.1. The van der Waals surface area contributed by atoms with Crippen molar-refractivity contribution in [3.63, 3.8) is 0 Å². The van der Waals surface area contributed by atoms with Crippen LogP contribution in [0, 0.1) is 0 Å². The molecule has 0 aromatic carbocycles. The van der Waals surface area contributed by atoms with Crippen molar-refractivity contribution in [2.45, 2.75) is 37.6 Å². The van der Waals surface area contributed by atoms with Gasteiger partial charge in [-0.1, -0.05) is 0 Å². The maximum atomic E-state index is 11.8. The molecule has 3 atom stereocenters. The lowest BCUT2D eigenvalue weighted by Gasteiger charge is -2.17. The van der Waals surface area contributed by atoms with Crippen molar-refractivity contribution in [3.05, 3.63) is 0 Å². The first-order valence-electron chi connectivity index (χ1n) is 6.77. The third-order valence-electron chi connectivity index (χ3n) is 3.01. The first-order valence-corrected chi connectivity index (χ1v) is 7.48. The third kappa shape index (κ3) is 7.39. The fraction of sp³-hybridized carbons (Fsp3) is 0.917. The molecular weight excluding hydrogens is 289 g/mol. The average Bonchev–Trinajstić information content (AvgIpc) is 3.29. The number of hydrogen-bond donors (Lipinski definition) is 1. The summed E-state index contributed by atoms with van der Waals surface area (Å²) < 4.78 is 35.2. The molecule has 0 spiro atoms. The van der Waals surface area contributed by atoms with Gasteiger partial charge in [0.25, 0.3) is 0 Å². The van der Waals surface area contributed by atoms with E-state index in [0.29, 0.717) is 32.7 Å². The second-order valence-corrected chi connectivity index (χ2v) is 5.26. The van der Waals surface area contributed by atoms with E-state index < -0.39 is 0 Å². The Balaban J connectivity index is 1.56. The van der Waals surface area contributed by atoms with Crippen LogP contribution in [0.25, 0.3) is 0 Å². The lowest BCUT2D eigenvalue weighted by Crippen LogP contribution is -2.24. The predicted octanol–water partition coefficient (Wildman–Crippen LogP) is 1.00. The Morgan fingerprint density at radius 1 is 1.35 bits per heavy atom. The van der Waals surface area contributed by atoms with Gasteiger partial charge in [0.05, 0.1) is 39.1 Å². The second kappa shape index (κ2) is 8.78. The van der Waals surface area contributed by atoms with Crippen molar-refractivity contribution in [1.82, 2.24) is 4.72 Å². The number of rotatable bonds is 12. The first-order chi connectivity index (χ1) is 9.78. The zero-order valence-electron chi connectivity index (χ0n) is 11.2. The van der Waals surface area contributed by atoms with Gasteiger partial charge in [0.2, 0.25) is 5.91 Å². The van der Waals surface area contributed by atoms with Gasteiger partial charge in [0.15, 0.2) is 12.3 Å². The zero-order valence-corrected chi connectivity index (χ0v) is 12.0. The number of hydrogen-bond acceptors (Lipinski definition) is 6. The molecule has 0 aliphatic carbocycles. The molecule has 2 heterocycles. The normalized spacial score (nSPS) is 25.2. The topological polar surface area (TPSA) is 72.6 Å². The highest BCUT2D eigenvalue weighted by Gasteiger charge is 2.26. The lowest BCUT2D eigenvalue weighted by molar-refractivity contribution is -0.119. The van der Waals surface area contributed by atoms with E-state index in [2.05, 4.69) is 0 Å². The van der Waals surface area contributed by atoms with E-state index in [1.165, 1.54) is 0 Å². The van der Waals surface area contributed by atoms with Crippen molar-refractivity contribution < 1.29 is 27.6 Å². The molecular formula is C12H20FNO5S. The van der Waals surface area contributed by atoms with Crippen molar-refractivity contribution in [2.24, 2.45) is 0 Å². The molecule has 0 bridgehead atoms. The molecule has 6 nitrogen and oxygen atoms in total. The van der Waals surface area contributed by atoms with Crippen molar-refractivity contribution in [2.75, 3.05) is 33.0 Å². The molecule has 0 saturated carbocycles. The van der Waals surface area contributed by atoms with E-state index >= 15 is 0 Å². The van der Waals surface area contributed by atoms with Crippen LogP contribution in [-0.2, 0) is 23.7 Å². The Labute approximate surface area is 122 Å². The maximum Gasteiger partial charge on any atom is 0.231 e. The summed E-state index contributed by atoms with van der Waals surface area (Å²) in [7, 11) is 0. The minimum absolute atomic E-state index is 0.0659. The van der Waals surface area contributed by atoms with E-state index in [1.807, 2.05) is 4.72 Å². The molecule has 0 aromatic rings. The number of nitrogens with one attached hydrogen (secondary N) is 1. The van der Waals surface area contributed by atoms with Gasteiger partial charge in [-0.25, -0.2) is 0 Å². The van der Waals surface area contributed by atoms with Crippen LogP contribution in [0.5, 0.6) is 0 Å². The standard InChI is InChI=1S/C12H20FNO5S/c13-20-14-12(15)3-1-2-9(17-7-11-8-19-11)4-16-5-10-6-18-10/h9-11H,1-8H2,(H,14,15). The van der Waals surface area contributed by atoms with Crippen LogP contribution in [0.1, 0.15) is 19.3 Å². The molecule has 116 valence electrons. The molecule has 2 aliphatic heterocycles. The summed E-state index contributed by atoms with van der Waals surface area (Å²) >= 11 is -0.171. The number of halogens is 1. The fourth-order valence-corrected chi connectivity index (χ4v) is 1.89. The van der Waals surface area contributed by atoms with Gasteiger partial charge in [-0.3, -0.25) is 9.52 Å². The molecule has 2 saturated heterocycles. The van der Waals surface area contributed by atoms with Crippen LogP contribution in [0.4, 0.5) is 3.89 Å². The first kappa shape index (κ1) is 16.0. The van der Waals surface area contributed by atoms with Crippen LogP contribution in [0.3, 0.4) is 0 Å². The molecule has 1 N–H and O–H groups in total. The van der Waals surface area contributed by atoms with Crippen LogP contribution in [0.15, 0.2) is 0 Å². The molecule has 8 heteroatoms. The van der Waals surface area contributed by atoms with E-state index in [4.69, 9.17) is 18.9 Å². The summed E-state index contributed by atoms with van der Waals surface area (Å²) in [6.07, 6.45) is 1.98. The zero-order chi connectivity index (χ0) is 14.2. The van der Waals surface area contributed by atoms with Gasteiger partial charge in [-0.15, -0.1) is 3.89 Å². The van der Waals surface area contributed by atoms with Gasteiger partial charge < -0.3 is 18.9 Å². The number of ether oxygens (including phenoxy) is 4. The van der Waals surface area contributed by atoms with Gasteiger partial charge in [0, 0.05) is 6.42 Å². The summed E-state index contributed by atoms with van der Waals surface area (Å²) in [5, 5.41) is 0. The van der Waals surface area contributed by atoms with E-state index in [1.54, 1.807) is 0 Å². The number of epoxide rings is 2. The van der Waals surface area contributed by atoms with Crippen LogP contribution in [-0.4, -0.2) is 57.3 Å². The molecule has 2 fully saturated rings. The number of carbonyl (C=O) groups is 1. The Kier molecular flexibility index (Phi) is 7.01. The largest absolute Gasteiger partial charge is 0.376 e. The van der Waals surface area contributed by atoms with Crippen molar-refractivity contribution in [1.29, 1.82) is 0 Å². The Morgan fingerprint density at radius 2 is 2.05 bits per heavy atom. The Bertz CT molecular complexity index is 302. The molecule has 0 radical (unpaired) electrons. The maximum absolute atomic E-state index is 11.8. The monoisotopic (exact) mass is 309 g/mol. The quantitative estimate of drug-likeness (QED) is 0.428. The summed E-state index contributed by atoms with van der Waals surface area (Å²) in [6.45, 7) is 3.13. The SMILES string of the molecule is O=C(CCCC(COCC1CO1)OCC1CO1)NSF.